The number of halogens is 2. The summed E-state index contributed by atoms with van der Waals surface area (Å²) in [4.78, 5) is -0.708. The van der Waals surface area contributed by atoms with Gasteiger partial charge in [-0.15, -0.1) is 0 Å². The Labute approximate surface area is 116 Å². The van der Waals surface area contributed by atoms with E-state index in [1.54, 1.807) is 13.8 Å². The highest BCUT2D eigenvalue weighted by Gasteiger charge is 2.25. The van der Waals surface area contributed by atoms with Gasteiger partial charge in [0, 0.05) is 12.1 Å². The second-order valence-electron chi connectivity index (χ2n) is 4.15. The molecule has 1 atom stereocenters. The van der Waals surface area contributed by atoms with Crippen molar-refractivity contribution in [1.82, 2.24) is 4.72 Å². The maximum absolute atomic E-state index is 13.8. The van der Waals surface area contributed by atoms with Crippen molar-refractivity contribution in [2.24, 2.45) is 0 Å². The van der Waals surface area contributed by atoms with E-state index in [1.165, 1.54) is 0 Å². The fourth-order valence-electron chi connectivity index (χ4n) is 1.47. The molecule has 2 N–H and O–H groups in total. The van der Waals surface area contributed by atoms with Crippen LogP contribution in [0, 0.1) is 23.5 Å². The molecule has 0 saturated heterocycles. The molecule has 0 fully saturated rings. The average molecular weight is 303 g/mol. The molecule has 0 aliphatic heterocycles. The van der Waals surface area contributed by atoms with Crippen LogP contribution in [0.3, 0.4) is 0 Å². The van der Waals surface area contributed by atoms with Gasteiger partial charge < -0.3 is 5.11 Å². The lowest BCUT2D eigenvalue weighted by Crippen LogP contribution is -2.33. The number of rotatable bonds is 4. The van der Waals surface area contributed by atoms with E-state index in [-0.39, 0.29) is 5.56 Å². The predicted molar refractivity (Wildman–Crippen MR) is 70.4 cm³/mol. The van der Waals surface area contributed by atoms with Crippen molar-refractivity contribution in [3.05, 3.63) is 29.3 Å². The SMILES string of the molecule is CCC(C)NS(=O)(=O)c1c(F)cc(F)cc1C#CCO. The smallest absolute Gasteiger partial charge is 0.244 e. The summed E-state index contributed by atoms with van der Waals surface area (Å²) in [6.07, 6.45) is 0.514. The van der Waals surface area contributed by atoms with Crippen LogP contribution < -0.4 is 4.72 Å². The van der Waals surface area contributed by atoms with E-state index in [1.807, 2.05) is 0 Å². The van der Waals surface area contributed by atoms with Gasteiger partial charge in [0.1, 0.15) is 23.1 Å². The molecule has 7 heteroatoms. The van der Waals surface area contributed by atoms with Crippen molar-refractivity contribution in [2.45, 2.75) is 31.2 Å². The largest absolute Gasteiger partial charge is 0.384 e. The molecule has 0 aliphatic rings. The zero-order valence-electron chi connectivity index (χ0n) is 11.1. The highest BCUT2D eigenvalue weighted by Crippen LogP contribution is 2.21. The Morgan fingerprint density at radius 1 is 1.40 bits per heavy atom. The molecule has 1 aromatic rings. The number of nitrogens with one attached hydrogen (secondary N) is 1. The molecule has 0 aliphatic carbocycles. The lowest BCUT2D eigenvalue weighted by molar-refractivity contribution is 0.350. The summed E-state index contributed by atoms with van der Waals surface area (Å²) in [6.45, 7) is 2.84. The summed E-state index contributed by atoms with van der Waals surface area (Å²) in [7, 11) is -4.16. The molecule has 0 radical (unpaired) electrons. The van der Waals surface area contributed by atoms with Gasteiger partial charge in [-0.3, -0.25) is 0 Å². The summed E-state index contributed by atoms with van der Waals surface area (Å²) in [5, 5.41) is 8.62. The minimum Gasteiger partial charge on any atom is -0.384 e. The summed E-state index contributed by atoms with van der Waals surface area (Å²) in [5.41, 5.74) is -0.327. The first kappa shape index (κ1) is 16.6. The van der Waals surface area contributed by atoms with Crippen molar-refractivity contribution in [1.29, 1.82) is 0 Å². The van der Waals surface area contributed by atoms with Gasteiger partial charge >= 0.3 is 0 Å². The molecule has 1 aromatic carbocycles. The summed E-state index contributed by atoms with van der Waals surface area (Å²) < 4.78 is 53.5. The van der Waals surface area contributed by atoms with E-state index in [4.69, 9.17) is 5.11 Å². The molecule has 4 nitrogen and oxygen atoms in total. The Balaban J connectivity index is 3.42. The van der Waals surface area contributed by atoms with E-state index in [0.717, 1.165) is 6.07 Å². The molecule has 0 heterocycles. The minimum atomic E-state index is -4.16. The van der Waals surface area contributed by atoms with E-state index >= 15 is 0 Å². The Morgan fingerprint density at radius 3 is 2.60 bits per heavy atom. The Hall–Kier alpha value is -1.49. The molecular weight excluding hydrogens is 288 g/mol. The van der Waals surface area contributed by atoms with Crippen LogP contribution in [-0.4, -0.2) is 26.2 Å². The summed E-state index contributed by atoms with van der Waals surface area (Å²) >= 11 is 0. The average Bonchev–Trinajstić information content (AvgIpc) is 2.34. The van der Waals surface area contributed by atoms with E-state index in [2.05, 4.69) is 16.6 Å². The first-order chi connectivity index (χ1) is 9.31. The third-order valence-electron chi connectivity index (χ3n) is 2.55. The summed E-state index contributed by atoms with van der Waals surface area (Å²) in [6, 6.07) is 0.898. The first-order valence-corrected chi connectivity index (χ1v) is 7.41. The zero-order valence-corrected chi connectivity index (χ0v) is 11.9. The van der Waals surface area contributed by atoms with Crippen LogP contribution in [0.5, 0.6) is 0 Å². The standard InChI is InChI=1S/C13H15F2NO3S/c1-3-9(2)16-20(18,19)13-10(5-4-6-17)7-11(14)8-12(13)15/h7-9,16-17H,3,6H2,1-2H3. The van der Waals surface area contributed by atoms with Gasteiger partial charge in [-0.2, -0.15) is 0 Å². The Kier molecular flexibility index (Phi) is 5.62. The second-order valence-corrected chi connectivity index (χ2v) is 5.81. The van der Waals surface area contributed by atoms with Gasteiger partial charge in [0.15, 0.2) is 0 Å². The molecule has 20 heavy (non-hydrogen) atoms. The van der Waals surface area contributed by atoms with Crippen molar-refractivity contribution in [3.63, 3.8) is 0 Å². The minimum absolute atomic E-state index is 0.327. The van der Waals surface area contributed by atoms with Gasteiger partial charge in [0.2, 0.25) is 10.0 Å². The van der Waals surface area contributed by atoms with Gasteiger partial charge in [-0.1, -0.05) is 18.8 Å². The predicted octanol–water partition coefficient (Wildman–Crippen LogP) is 1.39. The Bertz CT molecular complexity index is 648. The molecule has 0 spiro atoms. The topological polar surface area (TPSA) is 66.4 Å². The molecule has 110 valence electrons. The van der Waals surface area contributed by atoms with Gasteiger partial charge in [0.05, 0.1) is 5.56 Å². The molecule has 0 saturated carbocycles. The number of sulfonamides is 1. The van der Waals surface area contributed by atoms with Crippen molar-refractivity contribution < 1.29 is 22.3 Å². The first-order valence-electron chi connectivity index (χ1n) is 5.93. The fraction of sp³-hybridized carbons (Fsp3) is 0.385. The number of aliphatic hydroxyl groups is 1. The van der Waals surface area contributed by atoms with Crippen molar-refractivity contribution >= 4 is 10.0 Å². The second kappa shape index (κ2) is 6.79. The quantitative estimate of drug-likeness (QED) is 0.826. The molecule has 1 unspecified atom stereocenters. The van der Waals surface area contributed by atoms with E-state index in [9.17, 15) is 17.2 Å². The normalized spacial score (nSPS) is 12.7. The molecule has 1 rings (SSSR count). The van der Waals surface area contributed by atoms with E-state index < -0.39 is 39.2 Å². The van der Waals surface area contributed by atoms with Crippen LogP contribution in [0.4, 0.5) is 8.78 Å². The molecule has 0 bridgehead atoms. The van der Waals surface area contributed by atoms with Crippen molar-refractivity contribution in [2.75, 3.05) is 6.61 Å². The van der Waals surface area contributed by atoms with Crippen LogP contribution in [0.2, 0.25) is 0 Å². The van der Waals surface area contributed by atoms with Gasteiger partial charge in [-0.05, 0) is 19.4 Å². The van der Waals surface area contributed by atoms with E-state index in [0.29, 0.717) is 12.5 Å². The third-order valence-corrected chi connectivity index (χ3v) is 4.21. The maximum Gasteiger partial charge on any atom is 0.244 e. The fourth-order valence-corrected chi connectivity index (χ4v) is 3.00. The number of aliphatic hydroxyl groups excluding tert-OH is 1. The van der Waals surface area contributed by atoms with Crippen LogP contribution in [0.15, 0.2) is 17.0 Å². The van der Waals surface area contributed by atoms with Crippen LogP contribution in [0.25, 0.3) is 0 Å². The van der Waals surface area contributed by atoms with Gasteiger partial charge in [0.25, 0.3) is 0 Å². The highest BCUT2D eigenvalue weighted by atomic mass is 32.2. The number of hydrogen-bond acceptors (Lipinski definition) is 3. The lowest BCUT2D eigenvalue weighted by Gasteiger charge is -2.14. The molecule has 0 aromatic heterocycles. The van der Waals surface area contributed by atoms with Crippen molar-refractivity contribution in [3.8, 4) is 11.8 Å². The number of benzene rings is 1. The van der Waals surface area contributed by atoms with Gasteiger partial charge in [-0.25, -0.2) is 21.9 Å². The lowest BCUT2D eigenvalue weighted by atomic mass is 10.2. The molecular formula is C13H15F2NO3S. The van der Waals surface area contributed by atoms with Crippen LogP contribution in [-0.2, 0) is 10.0 Å². The highest BCUT2D eigenvalue weighted by molar-refractivity contribution is 7.89. The monoisotopic (exact) mass is 303 g/mol. The van der Waals surface area contributed by atoms with Crippen LogP contribution >= 0.6 is 0 Å². The summed E-state index contributed by atoms with van der Waals surface area (Å²) in [5.74, 6) is 2.26. The molecule has 0 amide bonds. The Morgan fingerprint density at radius 2 is 2.05 bits per heavy atom. The number of hydrogen-bond donors (Lipinski definition) is 2. The maximum atomic E-state index is 13.8. The third kappa shape index (κ3) is 4.00. The zero-order chi connectivity index (χ0) is 15.3. The van der Waals surface area contributed by atoms with Crippen LogP contribution in [0.1, 0.15) is 25.8 Å².